The second-order valence-electron chi connectivity index (χ2n) is 0. The normalized spacial score (nSPS) is 0. The van der Waals surface area contributed by atoms with E-state index in [-0.39, 0.29) is 152 Å². The van der Waals surface area contributed by atoms with Crippen molar-refractivity contribution in [1.82, 2.24) is 0 Å². The van der Waals surface area contributed by atoms with Crippen LogP contribution in [0.25, 0.3) is 0 Å². The first-order chi connectivity index (χ1) is 0. The molecule has 0 saturated heterocycles. The van der Waals surface area contributed by atoms with Crippen LogP contribution in [0.5, 0.6) is 0 Å². The molecule has 0 saturated carbocycles. The van der Waals surface area contributed by atoms with E-state index in [4.69, 9.17) is 0 Å². The highest BCUT2D eigenvalue weighted by atomic mass is 27.0. The minimum absolute atomic E-state index is 0. The molecule has 0 aromatic carbocycles. The third-order valence-corrected chi connectivity index (χ3v) is 0. The van der Waals surface area contributed by atoms with Crippen LogP contribution in [0.3, 0.4) is 0 Å². The molecule has 0 spiro atoms. The first-order valence-corrected chi connectivity index (χ1v) is 0. The summed E-state index contributed by atoms with van der Waals surface area (Å²) in [5, 5.41) is 0. The van der Waals surface area contributed by atoms with E-state index in [0.717, 1.165) is 0 Å². The highest BCUT2D eigenvalue weighted by Gasteiger charge is 0.190. The van der Waals surface area contributed by atoms with Gasteiger partial charge in [-0.05, 0) is 0 Å². The van der Waals surface area contributed by atoms with Crippen molar-refractivity contribution in [3.63, 3.8) is 0 Å². The maximum Gasteiger partial charge on any atom is 0.187 e. The van der Waals surface area contributed by atoms with Gasteiger partial charge in [-0.25, -0.2) is 0 Å². The molecule has 15 nitrogen and oxygen atoms in total. The molecule has 0 aliphatic rings. The molecular formula is H42Al4O15. The van der Waals surface area contributed by atoms with Crippen molar-refractivity contribution in [3.05, 3.63) is 0 Å². The van der Waals surface area contributed by atoms with Gasteiger partial charge in [0.15, 0.2) is 69.4 Å². The van der Waals surface area contributed by atoms with Gasteiger partial charge < -0.3 is 82.1 Å². The summed E-state index contributed by atoms with van der Waals surface area (Å²) in [5.41, 5.74) is 0. The fourth-order valence-corrected chi connectivity index (χ4v) is 0. The van der Waals surface area contributed by atoms with Crippen molar-refractivity contribution >= 4 is 69.4 Å². The van der Waals surface area contributed by atoms with Crippen LogP contribution in [0.15, 0.2) is 0 Å². The summed E-state index contributed by atoms with van der Waals surface area (Å²) in [7, 11) is 0. The van der Waals surface area contributed by atoms with E-state index in [0.29, 0.717) is 0 Å². The maximum atomic E-state index is 0. The third-order valence-electron chi connectivity index (χ3n) is 0. The van der Waals surface area contributed by atoms with Gasteiger partial charge in [0.1, 0.15) is 0 Å². The summed E-state index contributed by atoms with van der Waals surface area (Å²) in [6.45, 7) is 0. The predicted octanol–water partition coefficient (Wildman–Crippen LogP) is -17.1. The van der Waals surface area contributed by atoms with Crippen LogP contribution < -0.4 is 0 Å². The maximum absolute atomic E-state index is 0. The number of hydrogen-bond donors (Lipinski definition) is 0. The number of hydrogen-bond acceptors (Lipinski definition) is 0. The van der Waals surface area contributed by atoms with Crippen molar-refractivity contribution in [3.8, 4) is 0 Å². The lowest BCUT2D eigenvalue weighted by molar-refractivity contribution is 0.823. The zero-order valence-electron chi connectivity index (χ0n) is 7.50. The Morgan fingerprint density at radius 2 is 0.105 bits per heavy atom. The van der Waals surface area contributed by atoms with Crippen LogP contribution in [-0.2, 0) is 0 Å². The molecule has 0 atom stereocenters. The summed E-state index contributed by atoms with van der Waals surface area (Å²) < 4.78 is 0. The van der Waals surface area contributed by atoms with E-state index in [2.05, 4.69) is 0 Å². The summed E-state index contributed by atoms with van der Waals surface area (Å²) in [6.07, 6.45) is 0. The highest BCUT2D eigenvalue weighted by molar-refractivity contribution is 5.76. The molecular weight excluding hydrogens is 348 g/mol. The topological polar surface area (TPSA) is 472 Å². The molecule has 0 aromatic heterocycles. The van der Waals surface area contributed by atoms with Gasteiger partial charge in [0, 0.05) is 0 Å². The minimum Gasteiger partial charge on any atom is -0.412 e. The van der Waals surface area contributed by atoms with E-state index in [1.54, 1.807) is 0 Å². The first-order valence-electron chi connectivity index (χ1n) is 0. The van der Waals surface area contributed by atoms with Gasteiger partial charge in [-0.1, -0.05) is 0 Å². The van der Waals surface area contributed by atoms with Gasteiger partial charge in [-0.15, -0.1) is 0 Å². The molecule has 0 aliphatic heterocycles. The molecule has 0 bridgehead atoms. The van der Waals surface area contributed by atoms with E-state index in [1.165, 1.54) is 0 Å². The van der Waals surface area contributed by atoms with Crippen molar-refractivity contribution in [2.75, 3.05) is 0 Å². The molecule has 19 heavy (non-hydrogen) atoms. The lowest BCUT2D eigenvalue weighted by atomic mass is 16.0. The highest BCUT2D eigenvalue weighted by Crippen LogP contribution is -0.275. The van der Waals surface area contributed by atoms with Gasteiger partial charge in [-0.3, -0.25) is 0 Å². The molecule has 19 heteroatoms. The largest absolute Gasteiger partial charge is 0.412 e. The lowest BCUT2D eigenvalue weighted by Gasteiger charge is -0.413. The average Bonchev–Trinajstić information content (AvgIpc) is 0. The molecule has 0 amide bonds. The Hall–Kier alpha value is 1.53. The number of rotatable bonds is 0. The molecule has 0 aliphatic carbocycles. The van der Waals surface area contributed by atoms with Crippen LogP contribution >= 0.6 is 0 Å². The average molecular weight is 390 g/mol. The van der Waals surface area contributed by atoms with Gasteiger partial charge in [0.2, 0.25) is 0 Å². The molecule has 0 aromatic rings. The summed E-state index contributed by atoms with van der Waals surface area (Å²) in [6, 6.07) is 0. The molecule has 0 fully saturated rings. The molecule has 30 N–H and O–H groups in total. The van der Waals surface area contributed by atoms with E-state index >= 15 is 0 Å². The predicted molar refractivity (Wildman–Crippen MR) is 94.0 cm³/mol. The van der Waals surface area contributed by atoms with Gasteiger partial charge in [0.25, 0.3) is 0 Å². The molecule has 0 heterocycles. The van der Waals surface area contributed by atoms with Gasteiger partial charge in [-0.2, -0.15) is 0 Å². The van der Waals surface area contributed by atoms with Crippen molar-refractivity contribution in [1.29, 1.82) is 0 Å². The van der Waals surface area contributed by atoms with E-state index in [1.807, 2.05) is 0 Å². The zero-order valence-corrected chi connectivity index (χ0v) is 7.50. The Morgan fingerprint density at radius 1 is 0.105 bits per heavy atom. The Labute approximate surface area is 151 Å². The summed E-state index contributed by atoms with van der Waals surface area (Å²) in [4.78, 5) is 0. The minimum atomic E-state index is 0. The van der Waals surface area contributed by atoms with Crippen LogP contribution in [0.2, 0.25) is 0 Å². The van der Waals surface area contributed by atoms with Crippen LogP contribution in [0.4, 0.5) is 0 Å². The van der Waals surface area contributed by atoms with E-state index < -0.39 is 0 Å². The quantitative estimate of drug-likeness (QED) is 0.347. The first kappa shape index (κ1) is 3350. The smallest absolute Gasteiger partial charge is 0.187 e. The molecule has 0 radical (unpaired) electrons. The standard InChI is InChI=1S/4Al.15H2O.12H/h;;;;15*1H2;;;;;;;;;;;;. The molecule has 0 unspecified atom stereocenters. The van der Waals surface area contributed by atoms with Crippen molar-refractivity contribution in [2.24, 2.45) is 0 Å². The Kier molecular flexibility index (Phi) is 504000. The summed E-state index contributed by atoms with van der Waals surface area (Å²) >= 11 is 0. The third kappa shape index (κ3) is 2560. The Bertz CT molecular complexity index is 14.1. The second kappa shape index (κ2) is 2870. The SMILES string of the molecule is O.O.O.O.O.O.O.O.O.O.O.O.O.O.O.[AlH3].[AlH3].[AlH3].[AlH3]. The van der Waals surface area contributed by atoms with Gasteiger partial charge in [0.05, 0.1) is 0 Å². The fraction of sp³-hybridized carbons (Fsp3) is 0. The van der Waals surface area contributed by atoms with Crippen LogP contribution in [0, 0.1) is 0 Å². The van der Waals surface area contributed by atoms with Crippen molar-refractivity contribution in [2.45, 2.75) is 0 Å². The van der Waals surface area contributed by atoms with Crippen LogP contribution in [0.1, 0.15) is 0 Å². The fourth-order valence-electron chi connectivity index (χ4n) is 0. The summed E-state index contributed by atoms with van der Waals surface area (Å²) in [5.74, 6) is 0. The van der Waals surface area contributed by atoms with Gasteiger partial charge >= 0.3 is 0 Å². The lowest BCUT2D eigenvalue weighted by Crippen LogP contribution is -0.382. The zero-order chi connectivity index (χ0) is 0. The Morgan fingerprint density at radius 3 is 0.105 bits per heavy atom. The Balaban J connectivity index is 0. The molecule has 0 rings (SSSR count). The van der Waals surface area contributed by atoms with Crippen molar-refractivity contribution < 1.29 is 82.1 Å². The second-order valence-corrected chi connectivity index (χ2v) is 0. The van der Waals surface area contributed by atoms with Crippen LogP contribution in [-0.4, -0.2) is 152 Å². The molecule has 144 valence electrons. The van der Waals surface area contributed by atoms with E-state index in [9.17, 15) is 0 Å². The monoisotopic (exact) mass is 390 g/mol.